The topological polar surface area (TPSA) is 78.4 Å². The van der Waals surface area contributed by atoms with Crippen LogP contribution in [0.4, 0.5) is 20.6 Å². The van der Waals surface area contributed by atoms with Gasteiger partial charge in [0.2, 0.25) is 0 Å². The van der Waals surface area contributed by atoms with Crippen molar-refractivity contribution in [3.05, 3.63) is 58.8 Å². The van der Waals surface area contributed by atoms with Gasteiger partial charge < -0.3 is 0 Å². The Hall–Kier alpha value is -2.63. The fourth-order valence-corrected chi connectivity index (χ4v) is 3.90. The Labute approximate surface area is 136 Å². The summed E-state index contributed by atoms with van der Waals surface area (Å²) in [6.07, 6.45) is 0. The molecule has 0 fully saturated rings. The molecule has 0 saturated carbocycles. The van der Waals surface area contributed by atoms with Crippen LogP contribution >= 0.6 is 0 Å². The van der Waals surface area contributed by atoms with Crippen LogP contribution in [0.25, 0.3) is 9.65 Å². The van der Waals surface area contributed by atoms with Crippen molar-refractivity contribution >= 4 is 47.5 Å². The van der Waals surface area contributed by atoms with Crippen LogP contribution in [-0.4, -0.2) is 31.6 Å². The zero-order valence-electron chi connectivity index (χ0n) is 11.7. The average Bonchev–Trinajstić information content (AvgIpc) is 2.93. The number of carboxylic acids is 1. The summed E-state index contributed by atoms with van der Waals surface area (Å²) in [4.78, 5) is 22.9. The number of carbonyl (C=O) groups excluding carboxylic acids is 1. The van der Waals surface area contributed by atoms with Gasteiger partial charge in [-0.25, -0.2) is 0 Å². The Morgan fingerprint density at radius 3 is 2.30 bits per heavy atom. The molecule has 0 atom stereocenters. The van der Waals surface area contributed by atoms with E-state index in [1.165, 1.54) is 24.3 Å². The van der Waals surface area contributed by atoms with Crippen molar-refractivity contribution in [2.45, 2.75) is 0 Å². The molecule has 7 heteroatoms. The summed E-state index contributed by atoms with van der Waals surface area (Å²) in [7, 11) is 0. The predicted octanol–water partition coefficient (Wildman–Crippen LogP) is 3.38. The van der Waals surface area contributed by atoms with E-state index in [1.54, 1.807) is 18.2 Å². The van der Waals surface area contributed by atoms with E-state index >= 15 is 0 Å². The predicted molar refractivity (Wildman–Crippen MR) is 86.9 cm³/mol. The van der Waals surface area contributed by atoms with Gasteiger partial charge in [0.15, 0.2) is 0 Å². The first-order valence-corrected chi connectivity index (χ1v) is 8.33. The van der Waals surface area contributed by atoms with Crippen molar-refractivity contribution in [2.75, 3.05) is 10.6 Å². The van der Waals surface area contributed by atoms with Crippen LogP contribution in [-0.2, 0) is 0 Å². The van der Waals surface area contributed by atoms with Crippen LogP contribution in [0.1, 0.15) is 9.23 Å². The number of carbonyl (C=O) groups is 2. The van der Waals surface area contributed by atoms with Crippen LogP contribution in [0, 0.1) is 5.82 Å². The molecule has 0 bridgehead atoms. The molecule has 0 aliphatic heterocycles. The molecule has 1 aromatic heterocycles. The Balaban J connectivity index is 1.74. The first-order valence-electron chi connectivity index (χ1n) is 6.62. The standard InChI is InChI=1S/C16H11FN2O3Se/c17-10-1-3-11(4-2-10)18-16(22)19-12-5-6-13-9(7-12)8-14(23-13)15(20)21/h1-8H,(H,20,21)(H2,18,19,22). The normalized spacial score (nSPS) is 10.5. The molecule has 0 spiro atoms. The molecule has 3 N–H and O–H groups in total. The second-order valence-corrected chi connectivity index (χ2v) is 7.03. The zero-order valence-corrected chi connectivity index (χ0v) is 13.4. The van der Waals surface area contributed by atoms with E-state index in [1.807, 2.05) is 6.07 Å². The van der Waals surface area contributed by atoms with Crippen molar-refractivity contribution in [3.8, 4) is 0 Å². The summed E-state index contributed by atoms with van der Waals surface area (Å²) >= 11 is -0.212. The van der Waals surface area contributed by atoms with Gasteiger partial charge in [-0.3, -0.25) is 0 Å². The molecule has 2 aromatic carbocycles. The van der Waals surface area contributed by atoms with E-state index in [-0.39, 0.29) is 20.3 Å². The maximum absolute atomic E-state index is 12.8. The fourth-order valence-electron chi connectivity index (χ4n) is 2.05. The number of urea groups is 1. The number of halogens is 1. The Morgan fingerprint density at radius 1 is 0.957 bits per heavy atom. The number of nitrogens with one attached hydrogen (secondary N) is 2. The third-order valence-electron chi connectivity index (χ3n) is 3.09. The SMILES string of the molecule is O=C(Nc1ccc(F)cc1)Nc1ccc2[se]c(C(=O)O)cc2c1. The third-order valence-corrected chi connectivity index (χ3v) is 5.40. The molecule has 0 unspecified atom stereocenters. The van der Waals surface area contributed by atoms with Crippen LogP contribution in [0.3, 0.4) is 0 Å². The number of hydrogen-bond acceptors (Lipinski definition) is 2. The van der Waals surface area contributed by atoms with E-state index in [2.05, 4.69) is 10.6 Å². The van der Waals surface area contributed by atoms with E-state index in [4.69, 9.17) is 5.11 Å². The molecule has 0 saturated heterocycles. The number of carboxylic acid groups (broad SMARTS) is 1. The summed E-state index contributed by atoms with van der Waals surface area (Å²) < 4.78 is 14.2. The maximum atomic E-state index is 12.8. The summed E-state index contributed by atoms with van der Waals surface area (Å²) in [6, 6.07) is 11.9. The van der Waals surface area contributed by atoms with Crippen LogP contribution in [0.15, 0.2) is 48.5 Å². The zero-order chi connectivity index (χ0) is 16.4. The molecule has 5 nitrogen and oxygen atoms in total. The molecule has 0 aliphatic rings. The summed E-state index contributed by atoms with van der Waals surface area (Å²) in [5.74, 6) is -1.29. The van der Waals surface area contributed by atoms with Crippen molar-refractivity contribution in [1.82, 2.24) is 0 Å². The monoisotopic (exact) mass is 378 g/mol. The third kappa shape index (κ3) is 3.59. The van der Waals surface area contributed by atoms with Gasteiger partial charge in [-0.1, -0.05) is 0 Å². The van der Waals surface area contributed by atoms with E-state index in [0.29, 0.717) is 15.8 Å². The molecule has 2 amide bonds. The fraction of sp³-hybridized carbons (Fsp3) is 0. The first-order chi connectivity index (χ1) is 11.0. The van der Waals surface area contributed by atoms with Gasteiger partial charge in [-0.15, -0.1) is 0 Å². The van der Waals surface area contributed by atoms with E-state index in [0.717, 1.165) is 9.65 Å². The van der Waals surface area contributed by atoms with Crippen molar-refractivity contribution in [2.24, 2.45) is 0 Å². The molecule has 116 valence electrons. The number of benzene rings is 2. The van der Waals surface area contributed by atoms with Crippen LogP contribution in [0.2, 0.25) is 0 Å². The minimum absolute atomic E-state index is 0.212. The molecule has 1 heterocycles. The molecule has 3 aromatic rings. The van der Waals surface area contributed by atoms with Gasteiger partial charge >= 0.3 is 136 Å². The number of aromatic carboxylic acids is 1. The molecular formula is C16H11FN2O3Se. The Bertz CT molecular complexity index is 890. The summed E-state index contributed by atoms with van der Waals surface area (Å²) in [5.41, 5.74) is 1.03. The summed E-state index contributed by atoms with van der Waals surface area (Å²) in [5, 5.41) is 15.1. The Kier molecular flexibility index (Phi) is 4.14. The second kappa shape index (κ2) is 6.24. The van der Waals surface area contributed by atoms with Gasteiger partial charge in [-0.2, -0.15) is 0 Å². The van der Waals surface area contributed by atoms with E-state index < -0.39 is 12.0 Å². The van der Waals surface area contributed by atoms with Gasteiger partial charge in [0.1, 0.15) is 0 Å². The van der Waals surface area contributed by atoms with Gasteiger partial charge in [-0.05, 0) is 0 Å². The molecule has 0 radical (unpaired) electrons. The number of anilines is 2. The van der Waals surface area contributed by atoms with E-state index in [9.17, 15) is 14.0 Å². The van der Waals surface area contributed by atoms with Crippen molar-refractivity contribution in [3.63, 3.8) is 0 Å². The van der Waals surface area contributed by atoms with Crippen LogP contribution in [0.5, 0.6) is 0 Å². The summed E-state index contributed by atoms with van der Waals surface area (Å²) in [6.45, 7) is 0. The Morgan fingerprint density at radius 2 is 1.61 bits per heavy atom. The van der Waals surface area contributed by atoms with Gasteiger partial charge in [0.05, 0.1) is 0 Å². The molecule has 0 aliphatic carbocycles. The average molecular weight is 377 g/mol. The number of fused-ring (bicyclic) bond motifs is 1. The number of hydrogen-bond donors (Lipinski definition) is 3. The molecule has 23 heavy (non-hydrogen) atoms. The first kappa shape index (κ1) is 15.3. The van der Waals surface area contributed by atoms with Gasteiger partial charge in [0, 0.05) is 0 Å². The van der Waals surface area contributed by atoms with Gasteiger partial charge in [0.25, 0.3) is 0 Å². The number of rotatable bonds is 3. The van der Waals surface area contributed by atoms with Crippen molar-refractivity contribution < 1.29 is 19.1 Å². The minimum atomic E-state index is -0.912. The second-order valence-electron chi connectivity index (χ2n) is 4.75. The quantitative estimate of drug-likeness (QED) is 0.613. The number of amides is 2. The van der Waals surface area contributed by atoms with Crippen molar-refractivity contribution in [1.29, 1.82) is 0 Å². The molecule has 3 rings (SSSR count). The van der Waals surface area contributed by atoms with Crippen LogP contribution < -0.4 is 10.6 Å². The molecular weight excluding hydrogens is 366 g/mol.